The van der Waals surface area contributed by atoms with Crippen LogP contribution in [-0.4, -0.2) is 23.4 Å². The molecule has 2 aromatic carbocycles. The molecule has 2 aromatic rings. The second-order valence-electron chi connectivity index (χ2n) is 7.22. The highest BCUT2D eigenvalue weighted by Crippen LogP contribution is 2.31. The molecule has 0 radical (unpaired) electrons. The van der Waals surface area contributed by atoms with Gasteiger partial charge in [-0.3, -0.25) is 0 Å². The first kappa shape index (κ1) is 21.1. The molecule has 150 valence electrons. The minimum absolute atomic E-state index is 0.227. The Hall–Kier alpha value is -2.63. The van der Waals surface area contributed by atoms with Crippen LogP contribution in [0.25, 0.3) is 11.6 Å². The number of phenolic OH excluding ortho intramolecular Hbond substituents is 1. The van der Waals surface area contributed by atoms with E-state index in [1.165, 1.54) is 12.1 Å². The lowest BCUT2D eigenvalue weighted by Gasteiger charge is -2.28. The lowest BCUT2D eigenvalue weighted by atomic mass is 9.77. The van der Waals surface area contributed by atoms with Gasteiger partial charge in [0.1, 0.15) is 0 Å². The average molecular weight is 392 g/mol. The predicted molar refractivity (Wildman–Crippen MR) is 117 cm³/mol. The van der Waals surface area contributed by atoms with E-state index in [1.807, 2.05) is 42.5 Å². The van der Waals surface area contributed by atoms with Crippen LogP contribution in [0.4, 0.5) is 4.39 Å². The van der Waals surface area contributed by atoms with Crippen molar-refractivity contribution < 1.29 is 19.2 Å². The smallest absolute Gasteiger partial charge is 0.458 e. The summed E-state index contributed by atoms with van der Waals surface area (Å²) < 4.78 is 19.6. The van der Waals surface area contributed by atoms with Gasteiger partial charge in [0.25, 0.3) is 0 Å². The van der Waals surface area contributed by atoms with Crippen molar-refractivity contribution in [3.63, 3.8) is 0 Å². The van der Waals surface area contributed by atoms with Gasteiger partial charge >= 0.3 is 7.12 Å². The van der Waals surface area contributed by atoms with Crippen LogP contribution in [0, 0.1) is 5.82 Å². The standard InChI is InChI=1S/C24H26BFO3/c1-3-17(2)21-13-14-25(28)29-24(21)12-10-20(19-7-5-4-6-8-19)15-18-9-11-23(27)22(26)16-18/h4-9,11,13,15-16,24,27-28H,2-3,10,12,14H2,1H3/b20-15-. The van der Waals surface area contributed by atoms with Crippen LogP contribution in [0.15, 0.2) is 72.3 Å². The van der Waals surface area contributed by atoms with Crippen molar-refractivity contribution in [3.05, 3.63) is 89.3 Å². The molecule has 1 aliphatic rings. The summed E-state index contributed by atoms with van der Waals surface area (Å²) in [5.74, 6) is -1.00. The molecule has 29 heavy (non-hydrogen) atoms. The van der Waals surface area contributed by atoms with Gasteiger partial charge < -0.3 is 14.8 Å². The number of rotatable bonds is 7. The van der Waals surface area contributed by atoms with Crippen LogP contribution >= 0.6 is 0 Å². The molecule has 1 unspecified atom stereocenters. The lowest BCUT2D eigenvalue weighted by Crippen LogP contribution is -2.31. The van der Waals surface area contributed by atoms with E-state index in [1.54, 1.807) is 6.07 Å². The first-order valence-corrected chi connectivity index (χ1v) is 9.94. The summed E-state index contributed by atoms with van der Waals surface area (Å²) in [5.41, 5.74) is 4.82. The molecule has 1 aliphatic heterocycles. The van der Waals surface area contributed by atoms with Gasteiger partial charge in [-0.2, -0.15) is 0 Å². The van der Waals surface area contributed by atoms with Crippen molar-refractivity contribution in [1.82, 2.24) is 0 Å². The Morgan fingerprint density at radius 2 is 2.03 bits per heavy atom. The third kappa shape index (κ3) is 5.46. The zero-order chi connectivity index (χ0) is 20.8. The highest BCUT2D eigenvalue weighted by Gasteiger charge is 2.27. The minimum atomic E-state index is -0.802. The fourth-order valence-corrected chi connectivity index (χ4v) is 3.53. The van der Waals surface area contributed by atoms with Gasteiger partial charge in [-0.25, -0.2) is 4.39 Å². The Morgan fingerprint density at radius 3 is 2.72 bits per heavy atom. The molecule has 0 spiro atoms. The van der Waals surface area contributed by atoms with E-state index in [0.717, 1.165) is 28.7 Å². The average Bonchev–Trinajstić information content (AvgIpc) is 2.73. The molecule has 3 nitrogen and oxygen atoms in total. The molecular weight excluding hydrogens is 366 g/mol. The first-order valence-electron chi connectivity index (χ1n) is 9.94. The molecule has 3 rings (SSSR count). The number of aromatic hydroxyl groups is 1. The monoisotopic (exact) mass is 392 g/mol. The molecule has 0 aliphatic carbocycles. The van der Waals surface area contributed by atoms with E-state index < -0.39 is 12.9 Å². The molecule has 0 saturated carbocycles. The van der Waals surface area contributed by atoms with Gasteiger partial charge in [-0.1, -0.05) is 67.6 Å². The highest BCUT2D eigenvalue weighted by atomic mass is 19.1. The van der Waals surface area contributed by atoms with Crippen molar-refractivity contribution >= 4 is 18.8 Å². The van der Waals surface area contributed by atoms with E-state index in [2.05, 4.69) is 13.5 Å². The van der Waals surface area contributed by atoms with Crippen molar-refractivity contribution in [2.45, 2.75) is 38.6 Å². The summed E-state index contributed by atoms with van der Waals surface area (Å²) in [4.78, 5) is 0. The molecule has 2 N–H and O–H groups in total. The molecule has 1 heterocycles. The normalized spacial score (nSPS) is 17.2. The van der Waals surface area contributed by atoms with Crippen LogP contribution in [0.2, 0.25) is 6.32 Å². The number of hydrogen-bond donors (Lipinski definition) is 2. The maximum Gasteiger partial charge on any atom is 0.458 e. The Bertz CT molecular complexity index is 921. The van der Waals surface area contributed by atoms with Crippen LogP contribution in [0.3, 0.4) is 0 Å². The van der Waals surface area contributed by atoms with Gasteiger partial charge in [0.2, 0.25) is 0 Å². The summed E-state index contributed by atoms with van der Waals surface area (Å²) in [6.45, 7) is 6.19. The highest BCUT2D eigenvalue weighted by molar-refractivity contribution is 6.43. The number of allylic oxidation sites excluding steroid dienone is 2. The SMILES string of the molecule is C=C(CC)C1=CCB(O)OC1CC/C(=C/c1ccc(O)c(F)c1)c1ccccc1. The van der Waals surface area contributed by atoms with E-state index in [9.17, 15) is 14.5 Å². The maximum atomic E-state index is 13.8. The third-order valence-corrected chi connectivity index (χ3v) is 5.18. The van der Waals surface area contributed by atoms with Crippen LogP contribution in [0.5, 0.6) is 5.75 Å². The summed E-state index contributed by atoms with van der Waals surface area (Å²) in [6, 6.07) is 14.3. The molecule has 0 aromatic heterocycles. The molecule has 0 fully saturated rings. The zero-order valence-electron chi connectivity index (χ0n) is 16.6. The largest absolute Gasteiger partial charge is 0.505 e. The van der Waals surface area contributed by atoms with E-state index >= 15 is 0 Å². The van der Waals surface area contributed by atoms with Crippen molar-refractivity contribution in [2.75, 3.05) is 0 Å². The van der Waals surface area contributed by atoms with E-state index in [0.29, 0.717) is 24.7 Å². The fourth-order valence-electron chi connectivity index (χ4n) is 3.53. The van der Waals surface area contributed by atoms with Crippen LogP contribution in [-0.2, 0) is 4.65 Å². The molecular formula is C24H26BFO3. The van der Waals surface area contributed by atoms with E-state index in [-0.39, 0.29) is 11.9 Å². The molecule has 0 bridgehead atoms. The zero-order valence-corrected chi connectivity index (χ0v) is 16.6. The lowest BCUT2D eigenvalue weighted by molar-refractivity contribution is 0.184. The molecule has 5 heteroatoms. The van der Waals surface area contributed by atoms with Crippen molar-refractivity contribution in [2.24, 2.45) is 0 Å². The Balaban J connectivity index is 1.86. The van der Waals surface area contributed by atoms with Crippen LogP contribution in [0.1, 0.15) is 37.3 Å². The van der Waals surface area contributed by atoms with Crippen LogP contribution < -0.4 is 0 Å². The number of phenols is 1. The number of halogens is 1. The Morgan fingerprint density at radius 1 is 1.28 bits per heavy atom. The number of benzene rings is 2. The summed E-state index contributed by atoms with van der Waals surface area (Å²) in [6.07, 6.45) is 6.37. The van der Waals surface area contributed by atoms with Gasteiger partial charge in [-0.05, 0) is 53.7 Å². The fraction of sp³-hybridized carbons (Fsp3) is 0.250. The van der Waals surface area contributed by atoms with Gasteiger partial charge in [0.05, 0.1) is 6.10 Å². The Labute approximate surface area is 172 Å². The topological polar surface area (TPSA) is 49.7 Å². The maximum absolute atomic E-state index is 13.8. The molecule has 0 amide bonds. The minimum Gasteiger partial charge on any atom is -0.505 e. The van der Waals surface area contributed by atoms with Gasteiger partial charge in [0, 0.05) is 6.32 Å². The van der Waals surface area contributed by atoms with E-state index in [4.69, 9.17) is 4.65 Å². The number of hydrogen-bond acceptors (Lipinski definition) is 3. The Kier molecular flexibility index (Phi) is 7.07. The van der Waals surface area contributed by atoms with Gasteiger partial charge in [0.15, 0.2) is 11.6 Å². The summed E-state index contributed by atoms with van der Waals surface area (Å²) >= 11 is 0. The predicted octanol–water partition coefficient (Wildman–Crippen LogP) is 5.62. The second-order valence-corrected chi connectivity index (χ2v) is 7.22. The molecule has 0 saturated heterocycles. The third-order valence-electron chi connectivity index (χ3n) is 5.18. The summed E-state index contributed by atoms with van der Waals surface area (Å²) in [5, 5.41) is 19.4. The summed E-state index contributed by atoms with van der Waals surface area (Å²) in [7, 11) is -0.802. The quantitative estimate of drug-likeness (QED) is 0.475. The first-order chi connectivity index (χ1) is 14.0. The van der Waals surface area contributed by atoms with Crippen molar-refractivity contribution in [3.8, 4) is 5.75 Å². The second kappa shape index (κ2) is 9.72. The van der Waals surface area contributed by atoms with Gasteiger partial charge in [-0.15, -0.1) is 0 Å². The van der Waals surface area contributed by atoms with Crippen molar-refractivity contribution in [1.29, 1.82) is 0 Å². The molecule has 1 atom stereocenters.